The van der Waals surface area contributed by atoms with Gasteiger partial charge in [0.15, 0.2) is 0 Å². The third-order valence-electron chi connectivity index (χ3n) is 4.90. The highest BCUT2D eigenvalue weighted by atomic mass is 16.1. The van der Waals surface area contributed by atoms with Crippen LogP contribution in [0.3, 0.4) is 0 Å². The highest BCUT2D eigenvalue weighted by molar-refractivity contribution is 5.91. The van der Waals surface area contributed by atoms with Gasteiger partial charge in [0.2, 0.25) is 0 Å². The van der Waals surface area contributed by atoms with Gasteiger partial charge in [0.1, 0.15) is 0 Å². The summed E-state index contributed by atoms with van der Waals surface area (Å²) in [5.74, 6) is 0. The van der Waals surface area contributed by atoms with Gasteiger partial charge in [-0.15, -0.1) is 0 Å². The summed E-state index contributed by atoms with van der Waals surface area (Å²) in [4.78, 5) is 30.1. The summed E-state index contributed by atoms with van der Waals surface area (Å²) in [5, 5.41) is 2.69. The molecule has 0 amide bonds. The quantitative estimate of drug-likeness (QED) is 0.677. The van der Waals surface area contributed by atoms with Gasteiger partial charge < -0.3 is 9.58 Å². The average molecular weight is 324 g/mol. The van der Waals surface area contributed by atoms with Crippen molar-refractivity contribution in [1.29, 1.82) is 0 Å². The molecular weight excluding hydrogens is 304 g/mol. The zero-order valence-corrected chi connectivity index (χ0v) is 13.9. The van der Waals surface area contributed by atoms with Crippen molar-refractivity contribution in [3.63, 3.8) is 0 Å². The standard InChI is InChI=1S/C18H20N4O2/c1-20(2)22-10-8-16-14(18(22)24)11-13-15(19-16)7-9-21(17(13)23)12-5-3-4-6-12/h7-12H,3-6H2,1-2H3. The van der Waals surface area contributed by atoms with E-state index in [2.05, 4.69) is 4.98 Å². The van der Waals surface area contributed by atoms with Gasteiger partial charge in [0, 0.05) is 32.5 Å². The van der Waals surface area contributed by atoms with Crippen molar-refractivity contribution in [2.24, 2.45) is 0 Å². The topological polar surface area (TPSA) is 60.1 Å². The van der Waals surface area contributed by atoms with Crippen molar-refractivity contribution in [2.75, 3.05) is 19.1 Å². The summed E-state index contributed by atoms with van der Waals surface area (Å²) < 4.78 is 3.32. The molecule has 0 atom stereocenters. The van der Waals surface area contributed by atoms with Crippen molar-refractivity contribution in [1.82, 2.24) is 14.2 Å². The van der Waals surface area contributed by atoms with Crippen LogP contribution in [0.25, 0.3) is 21.8 Å². The summed E-state index contributed by atoms with van der Waals surface area (Å²) in [6.07, 6.45) is 7.96. The Balaban J connectivity index is 2.00. The molecule has 0 N–H and O–H groups in total. The Morgan fingerprint density at radius 1 is 1.00 bits per heavy atom. The minimum atomic E-state index is -0.164. The van der Waals surface area contributed by atoms with Gasteiger partial charge in [-0.1, -0.05) is 12.8 Å². The van der Waals surface area contributed by atoms with E-state index in [4.69, 9.17) is 0 Å². The number of hydrogen-bond donors (Lipinski definition) is 0. The predicted molar refractivity (Wildman–Crippen MR) is 95.3 cm³/mol. The van der Waals surface area contributed by atoms with Gasteiger partial charge in [-0.25, -0.2) is 9.66 Å². The molecule has 1 fully saturated rings. The number of pyridine rings is 3. The molecule has 0 bridgehead atoms. The summed E-state index contributed by atoms with van der Waals surface area (Å²) in [7, 11) is 3.60. The van der Waals surface area contributed by atoms with Crippen LogP contribution in [-0.4, -0.2) is 28.3 Å². The molecule has 4 rings (SSSR count). The third-order valence-corrected chi connectivity index (χ3v) is 4.90. The smallest absolute Gasteiger partial charge is 0.278 e. The van der Waals surface area contributed by atoms with E-state index in [9.17, 15) is 9.59 Å². The minimum absolute atomic E-state index is 0.0477. The van der Waals surface area contributed by atoms with Crippen LogP contribution in [0.2, 0.25) is 0 Å². The molecular formula is C18H20N4O2. The summed E-state index contributed by atoms with van der Waals surface area (Å²) >= 11 is 0. The third kappa shape index (κ3) is 2.21. The average Bonchev–Trinajstić information content (AvgIpc) is 3.08. The molecule has 6 heteroatoms. The van der Waals surface area contributed by atoms with Gasteiger partial charge >= 0.3 is 0 Å². The van der Waals surface area contributed by atoms with E-state index in [0.717, 1.165) is 12.8 Å². The molecule has 1 aliphatic carbocycles. The monoisotopic (exact) mass is 324 g/mol. The van der Waals surface area contributed by atoms with Crippen molar-refractivity contribution < 1.29 is 0 Å². The van der Waals surface area contributed by atoms with Crippen LogP contribution < -0.4 is 16.1 Å². The molecule has 0 saturated heterocycles. The maximum absolute atomic E-state index is 12.9. The molecule has 0 aromatic carbocycles. The van der Waals surface area contributed by atoms with E-state index in [-0.39, 0.29) is 17.2 Å². The normalized spacial score (nSPS) is 15.4. The van der Waals surface area contributed by atoms with E-state index in [1.165, 1.54) is 17.5 Å². The van der Waals surface area contributed by atoms with Crippen LogP contribution in [0.5, 0.6) is 0 Å². The van der Waals surface area contributed by atoms with Crippen LogP contribution in [0.4, 0.5) is 0 Å². The van der Waals surface area contributed by atoms with Crippen LogP contribution >= 0.6 is 0 Å². The van der Waals surface area contributed by atoms with Crippen LogP contribution in [-0.2, 0) is 0 Å². The van der Waals surface area contributed by atoms with E-state index >= 15 is 0 Å². The molecule has 124 valence electrons. The zero-order valence-electron chi connectivity index (χ0n) is 13.9. The Bertz CT molecular complexity index is 1040. The first-order valence-electron chi connectivity index (χ1n) is 8.31. The second-order valence-electron chi connectivity index (χ2n) is 6.63. The number of fused-ring (bicyclic) bond motifs is 2. The Morgan fingerprint density at radius 2 is 1.62 bits per heavy atom. The lowest BCUT2D eigenvalue weighted by Crippen LogP contribution is -2.35. The lowest BCUT2D eigenvalue weighted by atomic mass is 10.1. The number of nitrogens with zero attached hydrogens (tertiary/aromatic N) is 4. The van der Waals surface area contributed by atoms with Crippen LogP contribution in [0.1, 0.15) is 31.7 Å². The van der Waals surface area contributed by atoms with E-state index < -0.39 is 0 Å². The molecule has 0 aliphatic heterocycles. The summed E-state index contributed by atoms with van der Waals surface area (Å²) in [5.41, 5.74) is 1.04. The van der Waals surface area contributed by atoms with Crippen LogP contribution in [0.15, 0.2) is 40.2 Å². The van der Waals surface area contributed by atoms with Crippen molar-refractivity contribution >= 4 is 21.8 Å². The zero-order chi connectivity index (χ0) is 16.8. The first-order chi connectivity index (χ1) is 11.6. The lowest BCUT2D eigenvalue weighted by Gasteiger charge is -2.16. The van der Waals surface area contributed by atoms with Gasteiger partial charge in [0.25, 0.3) is 11.1 Å². The largest absolute Gasteiger partial charge is 0.316 e. The van der Waals surface area contributed by atoms with Crippen molar-refractivity contribution in [3.05, 3.63) is 51.3 Å². The Labute approximate surface area is 138 Å². The molecule has 1 aliphatic rings. The lowest BCUT2D eigenvalue weighted by molar-refractivity contribution is 0.505. The number of aromatic nitrogens is 3. The maximum atomic E-state index is 12.9. The fraction of sp³-hybridized carbons (Fsp3) is 0.389. The van der Waals surface area contributed by atoms with E-state index in [1.807, 2.05) is 16.8 Å². The molecule has 3 heterocycles. The Kier molecular flexibility index (Phi) is 3.40. The van der Waals surface area contributed by atoms with Gasteiger partial charge in [-0.3, -0.25) is 9.59 Å². The highest BCUT2D eigenvalue weighted by Crippen LogP contribution is 2.28. The molecule has 1 saturated carbocycles. The first-order valence-corrected chi connectivity index (χ1v) is 8.31. The summed E-state index contributed by atoms with van der Waals surface area (Å²) in [6.45, 7) is 0. The SMILES string of the molecule is CN(C)n1ccc2nc3ccn(C4CCCC4)c(=O)c3cc2c1=O. The van der Waals surface area contributed by atoms with Crippen molar-refractivity contribution in [2.45, 2.75) is 31.7 Å². The molecule has 3 aromatic heterocycles. The summed E-state index contributed by atoms with van der Waals surface area (Å²) in [6, 6.07) is 5.66. The molecule has 0 radical (unpaired) electrons. The second kappa shape index (κ2) is 5.47. The maximum Gasteiger partial charge on any atom is 0.278 e. The van der Waals surface area contributed by atoms with E-state index in [0.29, 0.717) is 21.8 Å². The molecule has 3 aromatic rings. The fourth-order valence-corrected chi connectivity index (χ4v) is 3.61. The molecule has 0 spiro atoms. The van der Waals surface area contributed by atoms with Crippen LogP contribution in [0, 0.1) is 0 Å². The Morgan fingerprint density at radius 3 is 2.29 bits per heavy atom. The van der Waals surface area contributed by atoms with E-state index in [1.54, 1.807) is 37.4 Å². The second-order valence-corrected chi connectivity index (χ2v) is 6.63. The minimum Gasteiger partial charge on any atom is -0.316 e. The predicted octanol–water partition coefficient (Wildman–Crippen LogP) is 2.02. The molecule has 24 heavy (non-hydrogen) atoms. The van der Waals surface area contributed by atoms with Gasteiger partial charge in [-0.2, -0.15) is 0 Å². The number of rotatable bonds is 2. The first kappa shape index (κ1) is 14.9. The Hall–Kier alpha value is -2.63. The number of hydrogen-bond acceptors (Lipinski definition) is 4. The van der Waals surface area contributed by atoms with Crippen molar-refractivity contribution in [3.8, 4) is 0 Å². The highest BCUT2D eigenvalue weighted by Gasteiger charge is 2.19. The van der Waals surface area contributed by atoms with Gasteiger partial charge in [0.05, 0.1) is 21.8 Å². The molecule has 6 nitrogen and oxygen atoms in total. The fourth-order valence-electron chi connectivity index (χ4n) is 3.61. The van der Waals surface area contributed by atoms with Gasteiger partial charge in [-0.05, 0) is 31.0 Å². The molecule has 0 unspecified atom stereocenters.